The van der Waals surface area contributed by atoms with Crippen LogP contribution >= 0.6 is 0 Å². The Morgan fingerprint density at radius 2 is 2.11 bits per heavy atom. The van der Waals surface area contributed by atoms with E-state index in [1.54, 1.807) is 0 Å². The van der Waals surface area contributed by atoms with Crippen molar-refractivity contribution in [2.45, 2.75) is 65.8 Å². The van der Waals surface area contributed by atoms with Gasteiger partial charge in [-0.2, -0.15) is 0 Å². The van der Waals surface area contributed by atoms with Crippen molar-refractivity contribution >= 4 is 5.91 Å². The predicted molar refractivity (Wildman–Crippen MR) is 76.6 cm³/mol. The summed E-state index contributed by atoms with van der Waals surface area (Å²) in [5.74, 6) is 0.191. The van der Waals surface area contributed by atoms with Crippen LogP contribution in [0, 0.1) is 5.41 Å². The van der Waals surface area contributed by atoms with Crippen LogP contribution in [0.25, 0.3) is 0 Å². The van der Waals surface area contributed by atoms with E-state index in [0.717, 1.165) is 32.0 Å². The lowest BCUT2D eigenvalue weighted by atomic mass is 9.89. The van der Waals surface area contributed by atoms with Crippen LogP contribution in [0.15, 0.2) is 0 Å². The molecule has 0 radical (unpaired) electrons. The van der Waals surface area contributed by atoms with Gasteiger partial charge in [0.15, 0.2) is 0 Å². The van der Waals surface area contributed by atoms with Gasteiger partial charge in [-0.1, -0.05) is 27.2 Å². The summed E-state index contributed by atoms with van der Waals surface area (Å²) >= 11 is 0. The van der Waals surface area contributed by atoms with Gasteiger partial charge in [0.1, 0.15) is 0 Å². The molecule has 1 heterocycles. The monoisotopic (exact) mass is 254 g/mol. The molecule has 3 heteroatoms. The van der Waals surface area contributed by atoms with Gasteiger partial charge in [-0.05, 0) is 39.2 Å². The Hall–Kier alpha value is -0.570. The predicted octanol–water partition coefficient (Wildman–Crippen LogP) is 2.80. The van der Waals surface area contributed by atoms with Crippen molar-refractivity contribution in [3.63, 3.8) is 0 Å². The number of rotatable bonds is 6. The zero-order chi connectivity index (χ0) is 13.6. The molecular weight excluding hydrogens is 224 g/mol. The Morgan fingerprint density at radius 3 is 2.72 bits per heavy atom. The molecule has 0 aromatic heterocycles. The molecule has 1 amide bonds. The SMILES string of the molecule is CCC(C)(C)C(=O)NCCCN1CCCCC1C. The van der Waals surface area contributed by atoms with Crippen molar-refractivity contribution < 1.29 is 4.79 Å². The molecule has 106 valence electrons. The van der Waals surface area contributed by atoms with E-state index in [1.165, 1.54) is 25.8 Å². The highest BCUT2D eigenvalue weighted by atomic mass is 16.2. The Kier molecular flexibility index (Phi) is 6.13. The Bertz CT molecular complexity index is 263. The highest BCUT2D eigenvalue weighted by Gasteiger charge is 2.24. The van der Waals surface area contributed by atoms with E-state index in [-0.39, 0.29) is 11.3 Å². The first-order valence-electron chi connectivity index (χ1n) is 7.49. The first kappa shape index (κ1) is 15.5. The second kappa shape index (κ2) is 7.13. The highest BCUT2D eigenvalue weighted by molar-refractivity contribution is 5.81. The van der Waals surface area contributed by atoms with Gasteiger partial charge >= 0.3 is 0 Å². The number of likely N-dealkylation sites (tertiary alicyclic amines) is 1. The average Bonchev–Trinajstić information content (AvgIpc) is 2.36. The molecule has 3 nitrogen and oxygen atoms in total. The van der Waals surface area contributed by atoms with Crippen LogP contribution in [0.2, 0.25) is 0 Å². The fraction of sp³-hybridized carbons (Fsp3) is 0.933. The standard InChI is InChI=1S/C15H30N2O/c1-5-15(3,4)14(18)16-10-8-12-17-11-7-6-9-13(17)2/h13H,5-12H2,1-4H3,(H,16,18). The van der Waals surface area contributed by atoms with Crippen LogP contribution in [0.3, 0.4) is 0 Å². The molecule has 1 atom stereocenters. The minimum absolute atomic E-state index is 0.191. The van der Waals surface area contributed by atoms with E-state index >= 15 is 0 Å². The average molecular weight is 254 g/mol. The number of nitrogens with one attached hydrogen (secondary N) is 1. The lowest BCUT2D eigenvalue weighted by Crippen LogP contribution is -2.41. The molecular formula is C15H30N2O. The number of nitrogens with zero attached hydrogens (tertiary/aromatic N) is 1. The number of hydrogen-bond donors (Lipinski definition) is 1. The summed E-state index contributed by atoms with van der Waals surface area (Å²) in [6.45, 7) is 11.6. The Labute approximate surface area is 112 Å². The van der Waals surface area contributed by atoms with Gasteiger partial charge in [0.05, 0.1) is 0 Å². The molecule has 0 spiro atoms. The molecule has 1 N–H and O–H groups in total. The third-order valence-electron chi connectivity index (χ3n) is 4.35. The van der Waals surface area contributed by atoms with E-state index in [4.69, 9.17) is 0 Å². The number of carbonyl (C=O) groups excluding carboxylic acids is 1. The van der Waals surface area contributed by atoms with Crippen molar-refractivity contribution in [3.8, 4) is 0 Å². The topological polar surface area (TPSA) is 32.3 Å². The van der Waals surface area contributed by atoms with Crippen LogP contribution in [0.1, 0.15) is 59.8 Å². The quantitative estimate of drug-likeness (QED) is 0.739. The number of piperidine rings is 1. The van der Waals surface area contributed by atoms with Gasteiger partial charge < -0.3 is 10.2 Å². The van der Waals surface area contributed by atoms with Crippen LogP contribution in [-0.4, -0.2) is 36.5 Å². The van der Waals surface area contributed by atoms with Crippen LogP contribution in [-0.2, 0) is 4.79 Å². The second-order valence-electron chi connectivity index (χ2n) is 6.23. The second-order valence-corrected chi connectivity index (χ2v) is 6.23. The van der Waals surface area contributed by atoms with Crippen molar-refractivity contribution in [1.29, 1.82) is 0 Å². The first-order valence-corrected chi connectivity index (χ1v) is 7.49. The van der Waals surface area contributed by atoms with Crippen LogP contribution < -0.4 is 5.32 Å². The Morgan fingerprint density at radius 1 is 1.39 bits per heavy atom. The van der Waals surface area contributed by atoms with E-state index < -0.39 is 0 Å². The molecule has 0 saturated carbocycles. The molecule has 0 bridgehead atoms. The van der Waals surface area contributed by atoms with Crippen LogP contribution in [0.5, 0.6) is 0 Å². The molecule has 0 aliphatic carbocycles. The minimum Gasteiger partial charge on any atom is -0.356 e. The molecule has 1 unspecified atom stereocenters. The highest BCUT2D eigenvalue weighted by Crippen LogP contribution is 2.19. The zero-order valence-electron chi connectivity index (χ0n) is 12.6. The lowest BCUT2D eigenvalue weighted by Gasteiger charge is -2.33. The molecule has 1 aliphatic rings. The number of amides is 1. The first-order chi connectivity index (χ1) is 8.47. The van der Waals surface area contributed by atoms with Crippen molar-refractivity contribution in [3.05, 3.63) is 0 Å². The molecule has 0 aromatic rings. The van der Waals surface area contributed by atoms with E-state index in [9.17, 15) is 4.79 Å². The molecule has 1 fully saturated rings. The van der Waals surface area contributed by atoms with Gasteiger partial charge in [0, 0.05) is 24.5 Å². The summed E-state index contributed by atoms with van der Waals surface area (Å²) < 4.78 is 0. The summed E-state index contributed by atoms with van der Waals surface area (Å²) in [7, 11) is 0. The molecule has 1 saturated heterocycles. The summed E-state index contributed by atoms with van der Waals surface area (Å²) in [6.07, 6.45) is 5.99. The maximum Gasteiger partial charge on any atom is 0.225 e. The van der Waals surface area contributed by atoms with E-state index in [1.807, 2.05) is 13.8 Å². The van der Waals surface area contributed by atoms with Crippen molar-refractivity contribution in [1.82, 2.24) is 10.2 Å². The van der Waals surface area contributed by atoms with E-state index in [0.29, 0.717) is 0 Å². The molecule has 18 heavy (non-hydrogen) atoms. The summed E-state index contributed by atoms with van der Waals surface area (Å²) in [5.41, 5.74) is -0.224. The van der Waals surface area contributed by atoms with Crippen molar-refractivity contribution in [2.75, 3.05) is 19.6 Å². The van der Waals surface area contributed by atoms with Gasteiger partial charge in [-0.3, -0.25) is 4.79 Å². The largest absolute Gasteiger partial charge is 0.356 e. The minimum atomic E-state index is -0.224. The van der Waals surface area contributed by atoms with Crippen molar-refractivity contribution in [2.24, 2.45) is 5.41 Å². The maximum atomic E-state index is 11.9. The Balaban J connectivity index is 2.16. The molecule has 1 aliphatic heterocycles. The molecule has 0 aromatic carbocycles. The smallest absolute Gasteiger partial charge is 0.225 e. The normalized spacial score (nSPS) is 21.9. The van der Waals surface area contributed by atoms with Gasteiger partial charge in [0.25, 0.3) is 0 Å². The third-order valence-corrected chi connectivity index (χ3v) is 4.35. The summed E-state index contributed by atoms with van der Waals surface area (Å²) in [5, 5.41) is 3.06. The maximum absolute atomic E-state index is 11.9. The summed E-state index contributed by atoms with van der Waals surface area (Å²) in [6, 6.07) is 0.724. The zero-order valence-corrected chi connectivity index (χ0v) is 12.6. The number of hydrogen-bond acceptors (Lipinski definition) is 2. The van der Waals surface area contributed by atoms with Gasteiger partial charge in [0.2, 0.25) is 5.91 Å². The third kappa shape index (κ3) is 4.60. The fourth-order valence-corrected chi connectivity index (χ4v) is 2.37. The lowest BCUT2D eigenvalue weighted by molar-refractivity contribution is -0.129. The molecule has 1 rings (SSSR count). The number of carbonyl (C=O) groups is 1. The van der Waals surface area contributed by atoms with Crippen LogP contribution in [0.4, 0.5) is 0 Å². The van der Waals surface area contributed by atoms with Gasteiger partial charge in [-0.25, -0.2) is 0 Å². The van der Waals surface area contributed by atoms with Gasteiger partial charge in [-0.15, -0.1) is 0 Å². The van der Waals surface area contributed by atoms with E-state index in [2.05, 4.69) is 24.1 Å². The summed E-state index contributed by atoms with van der Waals surface area (Å²) in [4.78, 5) is 14.4. The fourth-order valence-electron chi connectivity index (χ4n) is 2.37.